The lowest BCUT2D eigenvalue weighted by Crippen LogP contribution is -2.46. The first-order valence-electron chi connectivity index (χ1n) is 11.3. The number of carbonyl (C=O) groups excluding carboxylic acids is 1. The fourth-order valence-corrected chi connectivity index (χ4v) is 4.32. The number of nitrogens with zero attached hydrogens (tertiary/aromatic N) is 3. The summed E-state index contributed by atoms with van der Waals surface area (Å²) in [4.78, 5) is 17.2. The molecule has 164 valence electrons. The lowest BCUT2D eigenvalue weighted by atomic mass is 9.99. The van der Waals surface area contributed by atoms with Crippen LogP contribution in [0.2, 0.25) is 0 Å². The molecule has 0 radical (unpaired) electrons. The van der Waals surface area contributed by atoms with Crippen LogP contribution in [0, 0.1) is 0 Å². The van der Waals surface area contributed by atoms with E-state index >= 15 is 0 Å². The first kappa shape index (κ1) is 21.4. The highest BCUT2D eigenvalue weighted by molar-refractivity contribution is 5.95. The molecule has 0 aromatic heterocycles. The summed E-state index contributed by atoms with van der Waals surface area (Å²) in [6.45, 7) is 4.84. The number of para-hydroxylation sites is 2. The molecule has 0 bridgehead atoms. The predicted octanol–water partition coefficient (Wildman–Crippen LogP) is 4.07. The zero-order valence-corrected chi connectivity index (χ0v) is 18.3. The van der Waals surface area contributed by atoms with E-state index < -0.39 is 0 Å². The van der Waals surface area contributed by atoms with Gasteiger partial charge in [0.25, 0.3) is 5.91 Å². The molecule has 1 heterocycles. The Labute approximate surface area is 184 Å². The summed E-state index contributed by atoms with van der Waals surface area (Å²) in [6, 6.07) is 16.1. The molecule has 2 aromatic carbocycles. The fraction of sp³-hybridized carbons (Fsp3) is 0.440. The quantitative estimate of drug-likeness (QED) is 0.716. The minimum absolute atomic E-state index is 0.130. The van der Waals surface area contributed by atoms with Crippen molar-refractivity contribution in [2.24, 2.45) is 5.10 Å². The van der Waals surface area contributed by atoms with Crippen molar-refractivity contribution in [3.8, 4) is 5.75 Å². The highest BCUT2D eigenvalue weighted by atomic mass is 16.5. The van der Waals surface area contributed by atoms with Gasteiger partial charge in [0.2, 0.25) is 0 Å². The molecule has 0 spiro atoms. The monoisotopic (exact) mass is 420 g/mol. The van der Waals surface area contributed by atoms with Gasteiger partial charge in [-0.2, -0.15) is 5.10 Å². The number of nitrogens with one attached hydrogen (secondary N) is 1. The van der Waals surface area contributed by atoms with Crippen molar-refractivity contribution in [3.05, 3.63) is 59.7 Å². The van der Waals surface area contributed by atoms with Gasteiger partial charge in [0.15, 0.2) is 0 Å². The number of hydrogen-bond acceptors (Lipinski definition) is 5. The Morgan fingerprint density at radius 1 is 0.968 bits per heavy atom. The molecule has 2 aromatic rings. The molecule has 2 fully saturated rings. The van der Waals surface area contributed by atoms with E-state index in [0.29, 0.717) is 5.56 Å². The number of benzene rings is 2. The van der Waals surface area contributed by atoms with E-state index in [0.717, 1.165) is 62.7 Å². The van der Waals surface area contributed by atoms with Gasteiger partial charge in [0, 0.05) is 44.0 Å². The summed E-state index contributed by atoms with van der Waals surface area (Å²) in [5.74, 6) is 0.800. The zero-order chi connectivity index (χ0) is 21.5. The number of methoxy groups -OCH3 is 1. The zero-order valence-electron chi connectivity index (χ0n) is 18.3. The van der Waals surface area contributed by atoms with Crippen LogP contribution in [-0.4, -0.2) is 49.8 Å². The van der Waals surface area contributed by atoms with E-state index in [2.05, 4.69) is 44.6 Å². The molecule has 0 atom stereocenters. The Bertz CT molecular complexity index is 894. The van der Waals surface area contributed by atoms with E-state index in [9.17, 15) is 4.79 Å². The van der Waals surface area contributed by atoms with Gasteiger partial charge in [-0.3, -0.25) is 9.69 Å². The number of hydrogen-bond donors (Lipinski definition) is 1. The van der Waals surface area contributed by atoms with Crippen LogP contribution in [0.4, 0.5) is 5.69 Å². The van der Waals surface area contributed by atoms with E-state index in [1.54, 1.807) is 7.11 Å². The fourth-order valence-electron chi connectivity index (χ4n) is 4.32. The Kier molecular flexibility index (Phi) is 7.20. The number of ether oxygens (including phenoxy) is 1. The summed E-state index contributed by atoms with van der Waals surface area (Å²) in [5.41, 5.74) is 6.88. The molecule has 6 nitrogen and oxygen atoms in total. The van der Waals surface area contributed by atoms with Gasteiger partial charge in [-0.15, -0.1) is 0 Å². The van der Waals surface area contributed by atoms with Crippen molar-refractivity contribution in [2.45, 2.75) is 38.6 Å². The van der Waals surface area contributed by atoms with Gasteiger partial charge in [-0.05, 0) is 55.5 Å². The summed E-state index contributed by atoms with van der Waals surface area (Å²) < 4.78 is 5.51. The number of anilines is 1. The molecule has 1 N–H and O–H groups in total. The van der Waals surface area contributed by atoms with Gasteiger partial charge in [-0.25, -0.2) is 5.43 Å². The van der Waals surface area contributed by atoms with Gasteiger partial charge in [0.1, 0.15) is 5.75 Å². The van der Waals surface area contributed by atoms with Crippen LogP contribution in [0.25, 0.3) is 0 Å². The van der Waals surface area contributed by atoms with Crippen molar-refractivity contribution < 1.29 is 9.53 Å². The molecular formula is C25H32N4O2. The molecular weight excluding hydrogens is 388 g/mol. The summed E-state index contributed by atoms with van der Waals surface area (Å²) >= 11 is 0. The van der Waals surface area contributed by atoms with E-state index in [1.807, 2.05) is 24.3 Å². The maximum Gasteiger partial charge on any atom is 0.271 e. The lowest BCUT2D eigenvalue weighted by molar-refractivity contribution is 0.0954. The van der Waals surface area contributed by atoms with Crippen LogP contribution in [0.1, 0.15) is 48.0 Å². The largest absolute Gasteiger partial charge is 0.495 e. The summed E-state index contributed by atoms with van der Waals surface area (Å²) in [6.07, 6.45) is 5.63. The second-order valence-electron chi connectivity index (χ2n) is 8.31. The molecule has 2 aliphatic rings. The average molecular weight is 421 g/mol. The standard InChI is InChI=1S/C25H32N4O2/c1-31-24-10-6-5-9-23(24)29-17-15-28(16-18-29)19-20-11-13-21(14-12-20)25(30)27-26-22-7-3-2-4-8-22/h5-6,9-14H,2-4,7-8,15-19H2,1H3,(H,27,30). The van der Waals surface area contributed by atoms with Crippen molar-refractivity contribution in [1.82, 2.24) is 10.3 Å². The summed E-state index contributed by atoms with van der Waals surface area (Å²) in [5, 5.41) is 4.32. The van der Waals surface area contributed by atoms with Crippen LogP contribution >= 0.6 is 0 Å². The topological polar surface area (TPSA) is 57.2 Å². The molecule has 1 aliphatic carbocycles. The maximum atomic E-state index is 12.4. The third kappa shape index (κ3) is 5.64. The lowest BCUT2D eigenvalue weighted by Gasteiger charge is -2.36. The van der Waals surface area contributed by atoms with Crippen LogP contribution in [-0.2, 0) is 6.54 Å². The average Bonchev–Trinajstić information content (AvgIpc) is 2.84. The van der Waals surface area contributed by atoms with Gasteiger partial charge < -0.3 is 9.64 Å². The van der Waals surface area contributed by atoms with Crippen LogP contribution in [0.5, 0.6) is 5.75 Å². The first-order chi connectivity index (χ1) is 15.2. The highest BCUT2D eigenvalue weighted by Crippen LogP contribution is 2.28. The molecule has 1 aliphatic heterocycles. The number of amides is 1. The van der Waals surface area contributed by atoms with Gasteiger partial charge in [0.05, 0.1) is 12.8 Å². The molecule has 0 unspecified atom stereocenters. The Balaban J connectivity index is 1.27. The normalized spacial score (nSPS) is 17.3. The second-order valence-corrected chi connectivity index (χ2v) is 8.31. The Hall–Kier alpha value is -2.86. The first-order valence-corrected chi connectivity index (χ1v) is 11.3. The minimum Gasteiger partial charge on any atom is -0.495 e. The van der Waals surface area contributed by atoms with Crippen molar-refractivity contribution in [1.29, 1.82) is 0 Å². The third-order valence-corrected chi connectivity index (χ3v) is 6.17. The molecule has 31 heavy (non-hydrogen) atoms. The van der Waals surface area contributed by atoms with E-state index in [-0.39, 0.29) is 5.91 Å². The number of rotatable bonds is 6. The highest BCUT2D eigenvalue weighted by Gasteiger charge is 2.19. The number of carbonyl (C=O) groups is 1. The van der Waals surface area contributed by atoms with E-state index in [4.69, 9.17) is 4.74 Å². The van der Waals surface area contributed by atoms with Gasteiger partial charge >= 0.3 is 0 Å². The van der Waals surface area contributed by atoms with Crippen LogP contribution in [0.15, 0.2) is 53.6 Å². The molecule has 1 amide bonds. The number of hydrazone groups is 1. The Morgan fingerprint density at radius 2 is 1.68 bits per heavy atom. The van der Waals surface area contributed by atoms with Crippen LogP contribution in [0.3, 0.4) is 0 Å². The Morgan fingerprint density at radius 3 is 2.39 bits per heavy atom. The molecule has 1 saturated heterocycles. The minimum atomic E-state index is -0.130. The maximum absolute atomic E-state index is 12.4. The summed E-state index contributed by atoms with van der Waals surface area (Å²) in [7, 11) is 1.72. The SMILES string of the molecule is COc1ccccc1N1CCN(Cc2ccc(C(=O)NN=C3CCCCC3)cc2)CC1. The van der Waals surface area contributed by atoms with Crippen molar-refractivity contribution >= 4 is 17.3 Å². The second kappa shape index (κ2) is 10.4. The van der Waals surface area contributed by atoms with Crippen molar-refractivity contribution in [3.63, 3.8) is 0 Å². The molecule has 4 rings (SSSR count). The van der Waals surface area contributed by atoms with E-state index in [1.165, 1.54) is 24.8 Å². The van der Waals surface area contributed by atoms with Crippen molar-refractivity contribution in [2.75, 3.05) is 38.2 Å². The smallest absolute Gasteiger partial charge is 0.271 e. The molecule has 1 saturated carbocycles. The van der Waals surface area contributed by atoms with Gasteiger partial charge in [-0.1, -0.05) is 30.7 Å². The van der Waals surface area contributed by atoms with Crippen LogP contribution < -0.4 is 15.1 Å². The number of piperazine rings is 1. The predicted molar refractivity (Wildman–Crippen MR) is 125 cm³/mol. The molecule has 6 heteroatoms. The third-order valence-electron chi connectivity index (χ3n) is 6.17.